The lowest BCUT2D eigenvalue weighted by Crippen LogP contribution is -2.30. The Morgan fingerprint density at radius 3 is 2.33 bits per heavy atom. The molecular weight excluding hydrogens is 348 g/mol. The van der Waals surface area contributed by atoms with Crippen LogP contribution in [0.5, 0.6) is 5.75 Å². The van der Waals surface area contributed by atoms with E-state index in [0.717, 1.165) is 0 Å². The van der Waals surface area contributed by atoms with Crippen molar-refractivity contribution in [1.82, 2.24) is 4.90 Å². The van der Waals surface area contributed by atoms with Crippen molar-refractivity contribution >= 4 is 23.5 Å². The Bertz CT molecular complexity index is 831. The molecule has 2 N–H and O–H groups in total. The van der Waals surface area contributed by atoms with Gasteiger partial charge in [-0.2, -0.15) is 0 Å². The summed E-state index contributed by atoms with van der Waals surface area (Å²) in [6.45, 7) is 4.50. The number of carbonyl (C=O) groups is 3. The molecule has 0 aliphatic rings. The molecule has 2 aromatic carbocycles. The van der Waals surface area contributed by atoms with Gasteiger partial charge in [-0.3, -0.25) is 9.59 Å². The van der Waals surface area contributed by atoms with Crippen molar-refractivity contribution in [3.05, 3.63) is 59.7 Å². The molecule has 0 aromatic heterocycles. The zero-order chi connectivity index (χ0) is 19.8. The van der Waals surface area contributed by atoms with Crippen LogP contribution in [-0.4, -0.2) is 47.5 Å². The van der Waals surface area contributed by atoms with Crippen LogP contribution in [0, 0.1) is 0 Å². The van der Waals surface area contributed by atoms with E-state index < -0.39 is 18.5 Å². The molecular formula is C20H22N2O5. The number of phenolic OH excluding ortho intramolecular Hbond substituents is 1. The summed E-state index contributed by atoms with van der Waals surface area (Å²) in [5.41, 5.74) is 1.05. The minimum Gasteiger partial charge on any atom is -0.508 e. The Morgan fingerprint density at radius 1 is 1.00 bits per heavy atom. The Hall–Kier alpha value is -3.35. The topological polar surface area (TPSA) is 95.9 Å². The number of hydrogen-bond acceptors (Lipinski definition) is 5. The predicted molar refractivity (Wildman–Crippen MR) is 101 cm³/mol. The van der Waals surface area contributed by atoms with Crippen molar-refractivity contribution in [3.63, 3.8) is 0 Å². The third-order valence-electron chi connectivity index (χ3n) is 3.86. The van der Waals surface area contributed by atoms with E-state index in [4.69, 9.17) is 4.74 Å². The number of esters is 1. The fourth-order valence-corrected chi connectivity index (χ4v) is 2.47. The summed E-state index contributed by atoms with van der Waals surface area (Å²) in [4.78, 5) is 37.9. The van der Waals surface area contributed by atoms with Crippen LogP contribution in [0.1, 0.15) is 34.6 Å². The molecule has 0 unspecified atom stereocenters. The number of hydrogen-bond donors (Lipinski definition) is 2. The second-order valence-corrected chi connectivity index (χ2v) is 5.73. The van der Waals surface area contributed by atoms with Gasteiger partial charge in [-0.05, 0) is 50.2 Å². The highest BCUT2D eigenvalue weighted by Gasteiger charge is 2.14. The van der Waals surface area contributed by atoms with Gasteiger partial charge in [0.2, 0.25) is 0 Å². The summed E-state index contributed by atoms with van der Waals surface area (Å²) in [5.74, 6) is -1.43. The molecule has 7 heteroatoms. The average Bonchev–Trinajstić information content (AvgIpc) is 2.67. The normalized spacial score (nSPS) is 10.1. The monoisotopic (exact) mass is 370 g/mol. The molecule has 0 heterocycles. The molecule has 0 spiro atoms. The minimum atomic E-state index is -0.716. The number of nitrogens with zero attached hydrogens (tertiary/aromatic N) is 1. The second kappa shape index (κ2) is 9.38. The number of benzene rings is 2. The van der Waals surface area contributed by atoms with E-state index >= 15 is 0 Å². The number of amides is 2. The highest BCUT2D eigenvalue weighted by molar-refractivity contribution is 5.98. The first-order valence-electron chi connectivity index (χ1n) is 8.60. The highest BCUT2D eigenvalue weighted by Crippen LogP contribution is 2.14. The quantitative estimate of drug-likeness (QED) is 0.731. The molecule has 0 aliphatic heterocycles. The van der Waals surface area contributed by atoms with Gasteiger partial charge in [0.1, 0.15) is 5.75 Å². The Kier molecular flexibility index (Phi) is 6.93. The summed E-state index contributed by atoms with van der Waals surface area (Å²) < 4.78 is 4.93. The summed E-state index contributed by atoms with van der Waals surface area (Å²) >= 11 is 0. The Morgan fingerprint density at radius 2 is 1.67 bits per heavy atom. The van der Waals surface area contributed by atoms with E-state index in [1.165, 1.54) is 24.3 Å². The molecule has 0 saturated carbocycles. The zero-order valence-electron chi connectivity index (χ0n) is 15.3. The van der Waals surface area contributed by atoms with Crippen LogP contribution in [0.2, 0.25) is 0 Å². The minimum absolute atomic E-state index is 0.0661. The number of phenols is 1. The lowest BCUT2D eigenvalue weighted by Gasteiger charge is -2.19. The Labute approximate surface area is 157 Å². The number of rotatable bonds is 7. The van der Waals surface area contributed by atoms with Crippen molar-refractivity contribution in [2.75, 3.05) is 25.0 Å². The van der Waals surface area contributed by atoms with Crippen molar-refractivity contribution in [2.24, 2.45) is 0 Å². The van der Waals surface area contributed by atoms with Gasteiger partial charge in [-0.1, -0.05) is 12.1 Å². The van der Waals surface area contributed by atoms with E-state index in [1.807, 2.05) is 13.8 Å². The van der Waals surface area contributed by atoms with Gasteiger partial charge in [-0.15, -0.1) is 0 Å². The maximum atomic E-state index is 12.4. The van der Waals surface area contributed by atoms with Gasteiger partial charge in [-0.25, -0.2) is 4.79 Å². The van der Waals surface area contributed by atoms with Gasteiger partial charge in [0.15, 0.2) is 6.61 Å². The van der Waals surface area contributed by atoms with Crippen LogP contribution < -0.4 is 5.32 Å². The SMILES string of the molecule is CCN(CC)C(=O)c1cccc(NC(=O)COC(=O)c2cccc(O)c2)c1. The first kappa shape index (κ1) is 20.0. The van der Waals surface area contributed by atoms with Crippen LogP contribution in [0.3, 0.4) is 0 Å². The lowest BCUT2D eigenvalue weighted by atomic mass is 10.1. The van der Waals surface area contributed by atoms with E-state index in [1.54, 1.807) is 29.2 Å². The molecule has 0 radical (unpaired) electrons. The molecule has 142 valence electrons. The van der Waals surface area contributed by atoms with Crippen molar-refractivity contribution in [1.29, 1.82) is 0 Å². The van der Waals surface area contributed by atoms with Crippen molar-refractivity contribution in [2.45, 2.75) is 13.8 Å². The Balaban J connectivity index is 1.95. The number of aromatic hydroxyl groups is 1. The van der Waals surface area contributed by atoms with Gasteiger partial charge >= 0.3 is 5.97 Å². The average molecular weight is 370 g/mol. The summed E-state index contributed by atoms with van der Waals surface area (Å²) in [6, 6.07) is 12.2. The van der Waals surface area contributed by atoms with E-state index in [0.29, 0.717) is 24.3 Å². The van der Waals surface area contributed by atoms with Crippen LogP contribution in [-0.2, 0) is 9.53 Å². The van der Waals surface area contributed by atoms with Gasteiger partial charge in [0.25, 0.3) is 11.8 Å². The van der Waals surface area contributed by atoms with E-state index in [9.17, 15) is 19.5 Å². The standard InChI is InChI=1S/C20H22N2O5/c1-3-22(4-2)19(25)14-7-5-9-16(11-14)21-18(24)13-27-20(26)15-8-6-10-17(23)12-15/h5-12,23H,3-4,13H2,1-2H3,(H,21,24). The van der Waals surface area contributed by atoms with Gasteiger partial charge in [0, 0.05) is 24.3 Å². The molecule has 0 fully saturated rings. The first-order valence-corrected chi connectivity index (χ1v) is 8.60. The second-order valence-electron chi connectivity index (χ2n) is 5.73. The van der Waals surface area contributed by atoms with E-state index in [2.05, 4.69) is 5.32 Å². The van der Waals surface area contributed by atoms with Crippen LogP contribution in [0.4, 0.5) is 5.69 Å². The molecule has 0 bridgehead atoms. The lowest BCUT2D eigenvalue weighted by molar-refractivity contribution is -0.119. The fraction of sp³-hybridized carbons (Fsp3) is 0.250. The van der Waals surface area contributed by atoms with Crippen LogP contribution in [0.15, 0.2) is 48.5 Å². The molecule has 27 heavy (non-hydrogen) atoms. The smallest absolute Gasteiger partial charge is 0.338 e. The van der Waals surface area contributed by atoms with Crippen LogP contribution >= 0.6 is 0 Å². The molecule has 0 aliphatic carbocycles. The number of nitrogens with one attached hydrogen (secondary N) is 1. The van der Waals surface area contributed by atoms with Crippen molar-refractivity contribution < 1.29 is 24.2 Å². The third-order valence-corrected chi connectivity index (χ3v) is 3.86. The number of carbonyl (C=O) groups excluding carboxylic acids is 3. The molecule has 0 atom stereocenters. The van der Waals surface area contributed by atoms with Gasteiger partial charge in [0.05, 0.1) is 5.56 Å². The fourth-order valence-electron chi connectivity index (χ4n) is 2.47. The number of anilines is 1. The molecule has 2 aromatic rings. The predicted octanol–water partition coefficient (Wildman–Crippen LogP) is 2.67. The van der Waals surface area contributed by atoms with Crippen LogP contribution in [0.25, 0.3) is 0 Å². The maximum Gasteiger partial charge on any atom is 0.338 e. The molecule has 7 nitrogen and oxygen atoms in total. The summed E-state index contributed by atoms with van der Waals surface area (Å²) in [7, 11) is 0. The van der Waals surface area contributed by atoms with Crippen molar-refractivity contribution in [3.8, 4) is 5.75 Å². The largest absolute Gasteiger partial charge is 0.508 e. The van der Waals surface area contributed by atoms with Gasteiger partial charge < -0.3 is 20.1 Å². The first-order chi connectivity index (χ1) is 12.9. The molecule has 2 amide bonds. The number of ether oxygens (including phenoxy) is 1. The summed E-state index contributed by atoms with van der Waals surface area (Å²) in [6.07, 6.45) is 0. The third kappa shape index (κ3) is 5.57. The maximum absolute atomic E-state index is 12.4. The van der Waals surface area contributed by atoms with E-state index in [-0.39, 0.29) is 17.2 Å². The molecule has 0 saturated heterocycles. The molecule has 2 rings (SSSR count). The zero-order valence-corrected chi connectivity index (χ0v) is 15.3. The summed E-state index contributed by atoms with van der Waals surface area (Å²) in [5, 5.41) is 12.0. The highest BCUT2D eigenvalue weighted by atomic mass is 16.5.